The number of carbonyl (C=O) groups excluding carboxylic acids is 1. The molecule has 0 saturated carbocycles. The summed E-state index contributed by atoms with van der Waals surface area (Å²) in [5.41, 5.74) is 2.74. The molecule has 1 amide bonds. The minimum absolute atomic E-state index is 0.169. The van der Waals surface area contributed by atoms with Crippen molar-refractivity contribution in [1.29, 1.82) is 0 Å². The van der Waals surface area contributed by atoms with Gasteiger partial charge in [-0.1, -0.05) is 36.4 Å². The quantitative estimate of drug-likeness (QED) is 0.558. The maximum atomic E-state index is 12.1. The number of aromatic amines is 1. The highest BCUT2D eigenvalue weighted by Gasteiger charge is 2.09. The molecule has 0 aliphatic carbocycles. The molecule has 1 aromatic carbocycles. The Morgan fingerprint density at radius 1 is 1.22 bits per heavy atom. The molecule has 0 fully saturated rings. The van der Waals surface area contributed by atoms with Crippen molar-refractivity contribution in [3.63, 3.8) is 0 Å². The molecule has 3 aromatic rings. The van der Waals surface area contributed by atoms with Crippen LogP contribution in [0.2, 0.25) is 0 Å². The van der Waals surface area contributed by atoms with Gasteiger partial charge in [0.1, 0.15) is 5.65 Å². The van der Waals surface area contributed by atoms with Crippen molar-refractivity contribution in [3.05, 3.63) is 84.7 Å². The normalized spacial score (nSPS) is 12.3. The zero-order valence-electron chi connectivity index (χ0n) is 12.6. The number of hydrogen-bond donors (Lipinski definition) is 2. The molecule has 0 saturated heterocycles. The fraction of sp³-hybridized carbons (Fsp3) is 0.0526. The SMILES string of the molecule is C=CC(NC(=O)C=Cc1c[nH]c2ncccc12)c1ccccc1. The van der Waals surface area contributed by atoms with Crippen molar-refractivity contribution in [2.75, 3.05) is 0 Å². The summed E-state index contributed by atoms with van der Waals surface area (Å²) >= 11 is 0. The first kappa shape index (κ1) is 14.8. The highest BCUT2D eigenvalue weighted by Crippen LogP contribution is 2.17. The topological polar surface area (TPSA) is 57.8 Å². The number of amides is 1. The van der Waals surface area contributed by atoms with Gasteiger partial charge >= 0.3 is 0 Å². The van der Waals surface area contributed by atoms with E-state index in [1.54, 1.807) is 18.3 Å². The van der Waals surface area contributed by atoms with Crippen molar-refractivity contribution in [1.82, 2.24) is 15.3 Å². The van der Waals surface area contributed by atoms with Gasteiger partial charge in [0.25, 0.3) is 0 Å². The van der Waals surface area contributed by atoms with Gasteiger partial charge in [-0.2, -0.15) is 0 Å². The molecule has 0 radical (unpaired) electrons. The van der Waals surface area contributed by atoms with Gasteiger partial charge in [0.05, 0.1) is 6.04 Å². The van der Waals surface area contributed by atoms with Crippen LogP contribution in [-0.4, -0.2) is 15.9 Å². The predicted octanol–water partition coefficient (Wildman–Crippen LogP) is 3.62. The summed E-state index contributed by atoms with van der Waals surface area (Å²) < 4.78 is 0. The fourth-order valence-electron chi connectivity index (χ4n) is 2.42. The Bertz CT molecular complexity index is 849. The molecule has 1 atom stereocenters. The van der Waals surface area contributed by atoms with Gasteiger partial charge in [-0.25, -0.2) is 4.98 Å². The smallest absolute Gasteiger partial charge is 0.244 e. The van der Waals surface area contributed by atoms with Gasteiger partial charge < -0.3 is 10.3 Å². The van der Waals surface area contributed by atoms with Crippen LogP contribution in [0.5, 0.6) is 0 Å². The Hall–Kier alpha value is -3.14. The zero-order valence-corrected chi connectivity index (χ0v) is 12.6. The van der Waals surface area contributed by atoms with Gasteiger partial charge in [0.15, 0.2) is 0 Å². The molecule has 23 heavy (non-hydrogen) atoms. The van der Waals surface area contributed by atoms with E-state index < -0.39 is 0 Å². The van der Waals surface area contributed by atoms with E-state index in [1.807, 2.05) is 48.7 Å². The summed E-state index contributed by atoms with van der Waals surface area (Å²) in [7, 11) is 0. The number of pyridine rings is 1. The number of fused-ring (bicyclic) bond motifs is 1. The molecular weight excluding hydrogens is 286 g/mol. The third kappa shape index (κ3) is 3.37. The summed E-state index contributed by atoms with van der Waals surface area (Å²) in [6.07, 6.45) is 8.59. The Morgan fingerprint density at radius 3 is 2.83 bits per heavy atom. The second-order valence-corrected chi connectivity index (χ2v) is 5.11. The van der Waals surface area contributed by atoms with Crippen LogP contribution < -0.4 is 5.32 Å². The van der Waals surface area contributed by atoms with Gasteiger partial charge in [0.2, 0.25) is 5.91 Å². The number of carbonyl (C=O) groups is 1. The number of H-pyrrole nitrogens is 1. The third-order valence-electron chi connectivity index (χ3n) is 3.59. The van der Waals surface area contributed by atoms with Gasteiger partial charge in [-0.05, 0) is 23.8 Å². The van der Waals surface area contributed by atoms with Crippen LogP contribution in [0.15, 0.2) is 73.6 Å². The van der Waals surface area contributed by atoms with Crippen LogP contribution in [0.25, 0.3) is 17.1 Å². The molecule has 0 bridgehead atoms. The highest BCUT2D eigenvalue weighted by molar-refractivity contribution is 5.95. The van der Waals surface area contributed by atoms with Crippen LogP contribution >= 0.6 is 0 Å². The van der Waals surface area contributed by atoms with Crippen LogP contribution in [0, 0.1) is 0 Å². The lowest BCUT2D eigenvalue weighted by Crippen LogP contribution is -2.25. The molecule has 114 valence electrons. The Kier molecular flexibility index (Phi) is 4.34. The number of nitrogens with zero attached hydrogens (tertiary/aromatic N) is 1. The maximum Gasteiger partial charge on any atom is 0.244 e. The van der Waals surface area contributed by atoms with E-state index >= 15 is 0 Å². The number of hydrogen-bond acceptors (Lipinski definition) is 2. The van der Waals surface area contributed by atoms with E-state index in [0.717, 1.165) is 22.2 Å². The van der Waals surface area contributed by atoms with Crippen molar-refractivity contribution in [2.45, 2.75) is 6.04 Å². The number of rotatable bonds is 5. The first-order valence-electron chi connectivity index (χ1n) is 7.36. The second kappa shape index (κ2) is 6.75. The minimum Gasteiger partial charge on any atom is -0.346 e. The predicted molar refractivity (Wildman–Crippen MR) is 92.7 cm³/mol. The summed E-state index contributed by atoms with van der Waals surface area (Å²) in [6.45, 7) is 3.79. The Labute approximate surface area is 134 Å². The van der Waals surface area contributed by atoms with E-state index in [-0.39, 0.29) is 11.9 Å². The highest BCUT2D eigenvalue weighted by atomic mass is 16.1. The van der Waals surface area contributed by atoms with Crippen LogP contribution in [0.4, 0.5) is 0 Å². The van der Waals surface area contributed by atoms with E-state index in [1.165, 1.54) is 6.08 Å². The summed E-state index contributed by atoms with van der Waals surface area (Å²) in [4.78, 5) is 19.5. The number of nitrogens with one attached hydrogen (secondary N) is 2. The van der Waals surface area contributed by atoms with Crippen LogP contribution in [0.1, 0.15) is 17.2 Å². The molecule has 3 rings (SSSR count). The zero-order chi connectivity index (χ0) is 16.1. The molecular formula is C19H17N3O. The largest absolute Gasteiger partial charge is 0.346 e. The summed E-state index contributed by atoms with van der Waals surface area (Å²) in [6, 6.07) is 13.4. The van der Waals surface area contributed by atoms with Crippen LogP contribution in [0.3, 0.4) is 0 Å². The summed E-state index contributed by atoms with van der Waals surface area (Å²) in [5.74, 6) is -0.169. The van der Waals surface area contributed by atoms with E-state index in [4.69, 9.17) is 0 Å². The fourth-order valence-corrected chi connectivity index (χ4v) is 2.42. The van der Waals surface area contributed by atoms with E-state index in [0.29, 0.717) is 0 Å². The number of benzene rings is 1. The van der Waals surface area contributed by atoms with E-state index in [2.05, 4.69) is 21.9 Å². The van der Waals surface area contributed by atoms with Gasteiger partial charge in [0, 0.05) is 29.4 Å². The lowest BCUT2D eigenvalue weighted by molar-refractivity contribution is -0.116. The molecule has 2 heterocycles. The maximum absolute atomic E-state index is 12.1. The molecule has 0 spiro atoms. The molecule has 4 heteroatoms. The second-order valence-electron chi connectivity index (χ2n) is 5.11. The minimum atomic E-state index is -0.210. The standard InChI is InChI=1S/C19H17N3O/c1-2-17(14-7-4-3-5-8-14)22-18(23)11-10-15-13-21-19-16(15)9-6-12-20-19/h2-13,17H,1H2,(H,20,21)(H,22,23). The third-order valence-corrected chi connectivity index (χ3v) is 3.59. The monoisotopic (exact) mass is 303 g/mol. The molecule has 4 nitrogen and oxygen atoms in total. The molecule has 2 N–H and O–H groups in total. The first-order chi connectivity index (χ1) is 11.3. The Morgan fingerprint density at radius 2 is 2.04 bits per heavy atom. The van der Waals surface area contributed by atoms with Crippen molar-refractivity contribution in [3.8, 4) is 0 Å². The van der Waals surface area contributed by atoms with Crippen molar-refractivity contribution in [2.24, 2.45) is 0 Å². The first-order valence-corrected chi connectivity index (χ1v) is 7.36. The molecule has 0 aliphatic rings. The van der Waals surface area contributed by atoms with Gasteiger partial charge in [-0.15, -0.1) is 6.58 Å². The average Bonchev–Trinajstić information content (AvgIpc) is 3.02. The molecule has 1 unspecified atom stereocenters. The summed E-state index contributed by atoms with van der Waals surface area (Å²) in [5, 5.41) is 3.91. The number of aromatic nitrogens is 2. The van der Waals surface area contributed by atoms with Crippen LogP contribution in [-0.2, 0) is 4.79 Å². The molecule has 2 aromatic heterocycles. The lowest BCUT2D eigenvalue weighted by Gasteiger charge is -2.13. The van der Waals surface area contributed by atoms with E-state index in [9.17, 15) is 4.79 Å². The molecule has 0 aliphatic heterocycles. The van der Waals surface area contributed by atoms with Crippen molar-refractivity contribution < 1.29 is 4.79 Å². The van der Waals surface area contributed by atoms with Gasteiger partial charge in [-0.3, -0.25) is 4.79 Å². The average molecular weight is 303 g/mol. The Balaban J connectivity index is 1.72. The lowest BCUT2D eigenvalue weighted by atomic mass is 10.1. The van der Waals surface area contributed by atoms with Crippen molar-refractivity contribution >= 4 is 23.0 Å².